The fourth-order valence-corrected chi connectivity index (χ4v) is 2.39. The monoisotopic (exact) mass is 254 g/mol. The molecule has 0 bridgehead atoms. The summed E-state index contributed by atoms with van der Waals surface area (Å²) in [5.74, 6) is 0.659. The normalized spacial score (nSPS) is 12.7. The maximum Gasteiger partial charge on any atom is 0.0569 e. The number of aromatic nitrogens is 1. The van der Waals surface area contributed by atoms with Crippen LogP contribution in [0.25, 0.3) is 0 Å². The molecule has 1 heterocycles. The summed E-state index contributed by atoms with van der Waals surface area (Å²) in [5, 5.41) is 0. The molecule has 0 amide bonds. The Hall–Kier alpha value is -1.67. The predicted molar refractivity (Wildman–Crippen MR) is 80.0 cm³/mol. The van der Waals surface area contributed by atoms with Crippen LogP contribution in [0.2, 0.25) is 0 Å². The van der Waals surface area contributed by atoms with Crippen molar-refractivity contribution in [2.24, 2.45) is 11.7 Å². The molecule has 0 spiro atoms. The van der Waals surface area contributed by atoms with Crippen LogP contribution >= 0.6 is 0 Å². The maximum atomic E-state index is 6.38. The molecule has 0 saturated carbocycles. The van der Waals surface area contributed by atoms with Gasteiger partial charge in [0.25, 0.3) is 0 Å². The first-order chi connectivity index (χ1) is 9.08. The first-order valence-corrected chi connectivity index (χ1v) is 6.84. The van der Waals surface area contributed by atoms with Gasteiger partial charge in [-0.05, 0) is 42.0 Å². The number of aryl methyl sites for hydroxylation is 1. The number of benzene rings is 1. The molecule has 2 heteroatoms. The van der Waals surface area contributed by atoms with Crippen molar-refractivity contribution < 1.29 is 0 Å². The minimum atomic E-state index is -0.0965. The maximum absolute atomic E-state index is 6.38. The van der Waals surface area contributed by atoms with E-state index in [4.69, 9.17) is 5.73 Å². The highest BCUT2D eigenvalue weighted by Gasteiger charge is 2.12. The van der Waals surface area contributed by atoms with E-state index in [1.165, 1.54) is 5.56 Å². The van der Waals surface area contributed by atoms with Gasteiger partial charge >= 0.3 is 0 Å². The van der Waals surface area contributed by atoms with Gasteiger partial charge in [-0.15, -0.1) is 0 Å². The van der Waals surface area contributed by atoms with E-state index in [-0.39, 0.29) is 6.04 Å². The van der Waals surface area contributed by atoms with Crippen molar-refractivity contribution in [2.45, 2.75) is 33.2 Å². The zero-order valence-electron chi connectivity index (χ0n) is 11.9. The van der Waals surface area contributed by atoms with Crippen LogP contribution in [-0.4, -0.2) is 4.98 Å². The Bertz CT molecular complexity index is 546. The van der Waals surface area contributed by atoms with Crippen molar-refractivity contribution in [3.05, 3.63) is 65.0 Å². The van der Waals surface area contributed by atoms with Crippen LogP contribution in [0.1, 0.15) is 42.3 Å². The quantitative estimate of drug-likeness (QED) is 0.904. The first kappa shape index (κ1) is 13.8. The summed E-state index contributed by atoms with van der Waals surface area (Å²) >= 11 is 0. The highest BCUT2D eigenvalue weighted by Crippen LogP contribution is 2.22. The summed E-state index contributed by atoms with van der Waals surface area (Å²) in [6.07, 6.45) is 2.90. The third-order valence-corrected chi connectivity index (χ3v) is 3.34. The zero-order valence-corrected chi connectivity index (χ0v) is 11.9. The molecule has 2 rings (SSSR count). The number of nitrogens with two attached hydrogens (primary N) is 1. The molecule has 2 N–H and O–H groups in total. The van der Waals surface area contributed by atoms with Crippen molar-refractivity contribution in [2.75, 3.05) is 0 Å². The second-order valence-corrected chi connectivity index (χ2v) is 5.50. The second kappa shape index (κ2) is 5.98. The average Bonchev–Trinajstić information content (AvgIpc) is 2.38. The highest BCUT2D eigenvalue weighted by atomic mass is 14.7. The molecule has 0 saturated heterocycles. The number of nitrogens with zero attached hydrogens (tertiary/aromatic N) is 1. The molecule has 0 aliphatic carbocycles. The summed E-state index contributed by atoms with van der Waals surface area (Å²) in [6, 6.07) is 12.5. The summed E-state index contributed by atoms with van der Waals surface area (Å²) < 4.78 is 0. The smallest absolute Gasteiger partial charge is 0.0569 e. The Morgan fingerprint density at radius 1 is 1.16 bits per heavy atom. The molecule has 1 aromatic heterocycles. The second-order valence-electron chi connectivity index (χ2n) is 5.50. The van der Waals surface area contributed by atoms with Gasteiger partial charge in [-0.2, -0.15) is 0 Å². The molecule has 1 aromatic carbocycles. The Kier molecular flexibility index (Phi) is 4.33. The molecular formula is C17H22N2. The van der Waals surface area contributed by atoms with Crippen LogP contribution in [0.4, 0.5) is 0 Å². The Balaban J connectivity index is 2.29. The van der Waals surface area contributed by atoms with Crippen LogP contribution in [0.5, 0.6) is 0 Å². The Morgan fingerprint density at radius 2 is 1.95 bits per heavy atom. The molecule has 0 fully saturated rings. The van der Waals surface area contributed by atoms with Crippen molar-refractivity contribution in [3.63, 3.8) is 0 Å². The topological polar surface area (TPSA) is 38.9 Å². The van der Waals surface area contributed by atoms with Gasteiger partial charge in [-0.3, -0.25) is 4.98 Å². The minimum absolute atomic E-state index is 0.0965. The lowest BCUT2D eigenvalue weighted by Gasteiger charge is -2.16. The molecule has 1 atom stereocenters. The summed E-state index contributed by atoms with van der Waals surface area (Å²) in [6.45, 7) is 6.48. The lowest BCUT2D eigenvalue weighted by Crippen LogP contribution is -2.14. The number of rotatable bonds is 4. The van der Waals surface area contributed by atoms with E-state index < -0.39 is 0 Å². The SMILES string of the molecule is Cc1ncccc1C(N)c1cccc(CC(C)C)c1. The molecule has 100 valence electrons. The molecule has 1 unspecified atom stereocenters. The summed E-state index contributed by atoms with van der Waals surface area (Å²) in [7, 11) is 0. The van der Waals surface area contributed by atoms with Gasteiger partial charge in [0.15, 0.2) is 0 Å². The molecule has 2 nitrogen and oxygen atoms in total. The Labute approximate surface area is 115 Å². The molecule has 19 heavy (non-hydrogen) atoms. The molecule has 0 aliphatic rings. The van der Waals surface area contributed by atoms with Crippen molar-refractivity contribution in [3.8, 4) is 0 Å². The van der Waals surface area contributed by atoms with Crippen molar-refractivity contribution >= 4 is 0 Å². The van der Waals surface area contributed by atoms with Crippen LogP contribution in [0.3, 0.4) is 0 Å². The lowest BCUT2D eigenvalue weighted by atomic mass is 9.94. The minimum Gasteiger partial charge on any atom is -0.320 e. The number of hydrogen-bond acceptors (Lipinski definition) is 2. The van der Waals surface area contributed by atoms with Gasteiger partial charge in [0, 0.05) is 11.9 Å². The average molecular weight is 254 g/mol. The van der Waals surface area contributed by atoms with E-state index in [1.54, 1.807) is 6.20 Å². The third-order valence-electron chi connectivity index (χ3n) is 3.34. The summed E-state index contributed by atoms with van der Waals surface area (Å²) in [4.78, 5) is 4.32. The molecule has 0 aliphatic heterocycles. The fourth-order valence-electron chi connectivity index (χ4n) is 2.39. The van der Waals surface area contributed by atoms with Gasteiger partial charge in [-0.25, -0.2) is 0 Å². The van der Waals surface area contributed by atoms with E-state index in [0.29, 0.717) is 5.92 Å². The van der Waals surface area contributed by atoms with Crippen LogP contribution in [0.15, 0.2) is 42.6 Å². The lowest BCUT2D eigenvalue weighted by molar-refractivity contribution is 0.646. The first-order valence-electron chi connectivity index (χ1n) is 6.84. The standard InChI is InChI=1S/C17H22N2/c1-12(2)10-14-6-4-7-15(11-14)17(18)16-8-5-9-19-13(16)3/h4-9,11-12,17H,10,18H2,1-3H3. The van der Waals surface area contributed by atoms with E-state index in [2.05, 4.69) is 49.2 Å². The van der Waals surface area contributed by atoms with Gasteiger partial charge in [0.2, 0.25) is 0 Å². The van der Waals surface area contributed by atoms with Gasteiger partial charge < -0.3 is 5.73 Å². The van der Waals surface area contributed by atoms with Gasteiger partial charge in [0.05, 0.1) is 6.04 Å². The van der Waals surface area contributed by atoms with Gasteiger partial charge in [-0.1, -0.05) is 44.2 Å². The molecule has 0 radical (unpaired) electrons. The van der Waals surface area contributed by atoms with Gasteiger partial charge in [0.1, 0.15) is 0 Å². The van der Waals surface area contributed by atoms with E-state index in [0.717, 1.165) is 23.2 Å². The van der Waals surface area contributed by atoms with Crippen LogP contribution in [-0.2, 0) is 6.42 Å². The van der Waals surface area contributed by atoms with Crippen molar-refractivity contribution in [1.29, 1.82) is 0 Å². The Morgan fingerprint density at radius 3 is 2.63 bits per heavy atom. The van der Waals surface area contributed by atoms with Crippen LogP contribution < -0.4 is 5.73 Å². The van der Waals surface area contributed by atoms with Crippen molar-refractivity contribution in [1.82, 2.24) is 4.98 Å². The van der Waals surface area contributed by atoms with E-state index >= 15 is 0 Å². The van der Waals surface area contributed by atoms with Crippen LogP contribution in [0, 0.1) is 12.8 Å². The molecule has 2 aromatic rings. The summed E-state index contributed by atoms with van der Waals surface area (Å²) in [5.41, 5.74) is 11.0. The number of hydrogen-bond donors (Lipinski definition) is 1. The fraction of sp³-hybridized carbons (Fsp3) is 0.353. The predicted octanol–water partition coefficient (Wildman–Crippen LogP) is 3.64. The third kappa shape index (κ3) is 3.42. The molecular weight excluding hydrogens is 232 g/mol. The van der Waals surface area contributed by atoms with E-state index in [1.807, 2.05) is 13.0 Å². The largest absolute Gasteiger partial charge is 0.320 e. The zero-order chi connectivity index (χ0) is 13.8. The highest BCUT2D eigenvalue weighted by molar-refractivity contribution is 5.35. The van der Waals surface area contributed by atoms with E-state index in [9.17, 15) is 0 Å². The number of pyridine rings is 1.